The highest BCUT2D eigenvalue weighted by Gasteiger charge is 2.34. The minimum Gasteiger partial charge on any atom is -0.382 e. The highest BCUT2D eigenvalue weighted by molar-refractivity contribution is 6.21. The smallest absolute Gasteiger partial charge is 0.261 e. The van der Waals surface area contributed by atoms with E-state index in [1.807, 2.05) is 0 Å². The second-order valence-corrected chi connectivity index (χ2v) is 9.42. The van der Waals surface area contributed by atoms with Gasteiger partial charge in [-0.3, -0.25) is 14.5 Å². The van der Waals surface area contributed by atoms with Gasteiger partial charge >= 0.3 is 0 Å². The van der Waals surface area contributed by atoms with Crippen molar-refractivity contribution in [3.63, 3.8) is 0 Å². The molecule has 14 nitrogen and oxygen atoms in total. The standard InChI is InChI=1S/C31H51NO13/c1-35-8-9-37-12-13-39-16-17-41-20-21-43-24-25-45-27-26-44-23-22-42-19-18-40-15-14-38-11-10-36-7-6-32-30(33)28-4-2-3-5-29(28)31(32)34/h2-5H,6-27H2,1H3. The van der Waals surface area contributed by atoms with Gasteiger partial charge in [0, 0.05) is 7.11 Å². The lowest BCUT2D eigenvalue weighted by Gasteiger charge is -2.13. The van der Waals surface area contributed by atoms with E-state index in [1.54, 1.807) is 31.4 Å². The second kappa shape index (κ2) is 28.2. The van der Waals surface area contributed by atoms with Gasteiger partial charge < -0.3 is 52.1 Å². The Kier molecular flexibility index (Phi) is 24.5. The molecule has 1 aliphatic rings. The first-order valence-electron chi connectivity index (χ1n) is 15.5. The van der Waals surface area contributed by atoms with E-state index in [4.69, 9.17) is 52.1 Å². The zero-order valence-electron chi connectivity index (χ0n) is 26.6. The van der Waals surface area contributed by atoms with E-state index >= 15 is 0 Å². The normalized spacial score (nSPS) is 12.9. The maximum atomic E-state index is 12.3. The van der Waals surface area contributed by atoms with E-state index in [2.05, 4.69) is 0 Å². The molecule has 2 rings (SSSR count). The van der Waals surface area contributed by atoms with Crippen LogP contribution in [0.25, 0.3) is 0 Å². The van der Waals surface area contributed by atoms with Gasteiger partial charge in [0.15, 0.2) is 0 Å². The molecule has 1 aliphatic heterocycles. The third-order valence-corrected chi connectivity index (χ3v) is 6.12. The summed E-state index contributed by atoms with van der Waals surface area (Å²) in [6.07, 6.45) is 0. The number of ether oxygens (including phenoxy) is 11. The molecule has 0 bridgehead atoms. The van der Waals surface area contributed by atoms with Crippen molar-refractivity contribution in [2.24, 2.45) is 0 Å². The molecule has 1 aromatic rings. The molecular weight excluding hydrogens is 594 g/mol. The van der Waals surface area contributed by atoms with Crippen LogP contribution in [0.4, 0.5) is 0 Å². The Hall–Kier alpha value is -2.08. The number of carbonyl (C=O) groups excluding carboxylic acids is 2. The van der Waals surface area contributed by atoms with E-state index in [0.29, 0.717) is 143 Å². The van der Waals surface area contributed by atoms with Crippen molar-refractivity contribution in [2.75, 3.05) is 152 Å². The van der Waals surface area contributed by atoms with Gasteiger partial charge in [0.1, 0.15) is 0 Å². The first kappa shape index (κ1) is 39.1. The largest absolute Gasteiger partial charge is 0.382 e. The van der Waals surface area contributed by atoms with E-state index < -0.39 is 0 Å². The summed E-state index contributed by atoms with van der Waals surface area (Å²) in [6.45, 7) is 10.3. The van der Waals surface area contributed by atoms with Crippen molar-refractivity contribution >= 4 is 11.8 Å². The van der Waals surface area contributed by atoms with E-state index in [9.17, 15) is 9.59 Å². The molecule has 0 atom stereocenters. The van der Waals surface area contributed by atoms with Crippen LogP contribution in [0.3, 0.4) is 0 Å². The quantitative estimate of drug-likeness (QED) is 0.0797. The van der Waals surface area contributed by atoms with Crippen LogP contribution in [0, 0.1) is 0 Å². The zero-order chi connectivity index (χ0) is 32.0. The minimum atomic E-state index is -0.277. The van der Waals surface area contributed by atoms with Gasteiger partial charge in [-0.15, -0.1) is 0 Å². The summed E-state index contributed by atoms with van der Waals surface area (Å²) >= 11 is 0. The summed E-state index contributed by atoms with van der Waals surface area (Å²) in [4.78, 5) is 25.8. The number of amides is 2. The summed E-state index contributed by atoms with van der Waals surface area (Å²) < 4.78 is 59.3. The number of hydrogen-bond donors (Lipinski definition) is 0. The van der Waals surface area contributed by atoms with Gasteiger partial charge in [-0.05, 0) is 12.1 Å². The van der Waals surface area contributed by atoms with Gasteiger partial charge in [0.25, 0.3) is 11.8 Å². The van der Waals surface area contributed by atoms with Gasteiger partial charge in [-0.1, -0.05) is 12.1 Å². The maximum Gasteiger partial charge on any atom is 0.261 e. The zero-order valence-corrected chi connectivity index (χ0v) is 26.6. The molecule has 0 saturated carbocycles. The first-order valence-corrected chi connectivity index (χ1v) is 15.5. The summed E-state index contributed by atoms with van der Waals surface area (Å²) in [5.41, 5.74) is 0.885. The number of nitrogens with zero attached hydrogens (tertiary/aromatic N) is 1. The van der Waals surface area contributed by atoms with Crippen LogP contribution in [-0.4, -0.2) is 169 Å². The predicted octanol–water partition coefficient (Wildman–Crippen LogP) is 1.10. The highest BCUT2D eigenvalue weighted by atomic mass is 16.6. The fraction of sp³-hybridized carbons (Fsp3) is 0.742. The highest BCUT2D eigenvalue weighted by Crippen LogP contribution is 2.21. The van der Waals surface area contributed by atoms with E-state index in [1.165, 1.54) is 4.90 Å². The van der Waals surface area contributed by atoms with Crippen molar-refractivity contribution in [3.8, 4) is 0 Å². The Labute approximate surface area is 266 Å². The number of fused-ring (bicyclic) bond motifs is 1. The lowest BCUT2D eigenvalue weighted by Crippen LogP contribution is -2.33. The SMILES string of the molecule is COCCOCCOCCOCCOCCOCCOCCOCCOCCOCCOCCN1C(=O)c2ccccc2C1=O. The topological polar surface area (TPSA) is 139 Å². The molecule has 45 heavy (non-hydrogen) atoms. The third-order valence-electron chi connectivity index (χ3n) is 6.12. The number of methoxy groups -OCH3 is 1. The molecular formula is C31H51NO13. The second-order valence-electron chi connectivity index (χ2n) is 9.42. The van der Waals surface area contributed by atoms with Crippen LogP contribution in [0.2, 0.25) is 0 Å². The maximum absolute atomic E-state index is 12.3. The van der Waals surface area contributed by atoms with Crippen LogP contribution < -0.4 is 0 Å². The third kappa shape index (κ3) is 19.2. The molecule has 14 heteroatoms. The van der Waals surface area contributed by atoms with Gasteiger partial charge in [0.2, 0.25) is 0 Å². The van der Waals surface area contributed by atoms with Crippen LogP contribution >= 0.6 is 0 Å². The van der Waals surface area contributed by atoms with E-state index in [-0.39, 0.29) is 25.0 Å². The summed E-state index contributed by atoms with van der Waals surface area (Å²) in [5, 5.41) is 0. The monoisotopic (exact) mass is 645 g/mol. The van der Waals surface area contributed by atoms with Crippen molar-refractivity contribution in [3.05, 3.63) is 35.4 Å². The molecule has 258 valence electrons. The number of hydrogen-bond acceptors (Lipinski definition) is 13. The lowest BCUT2D eigenvalue weighted by atomic mass is 10.1. The molecule has 0 saturated heterocycles. The van der Waals surface area contributed by atoms with Crippen molar-refractivity contribution in [1.82, 2.24) is 4.90 Å². The lowest BCUT2D eigenvalue weighted by molar-refractivity contribution is -0.0271. The number of benzene rings is 1. The molecule has 0 aliphatic carbocycles. The van der Waals surface area contributed by atoms with Gasteiger partial charge in [0.05, 0.1) is 156 Å². The van der Waals surface area contributed by atoms with Crippen LogP contribution in [0.1, 0.15) is 20.7 Å². The molecule has 0 aromatic heterocycles. The number of imide groups is 1. The molecule has 1 aromatic carbocycles. The molecule has 1 heterocycles. The average molecular weight is 646 g/mol. The number of carbonyl (C=O) groups is 2. The summed E-state index contributed by atoms with van der Waals surface area (Å²) in [5.74, 6) is -0.554. The molecule has 0 spiro atoms. The van der Waals surface area contributed by atoms with Gasteiger partial charge in [-0.2, -0.15) is 0 Å². The van der Waals surface area contributed by atoms with Crippen molar-refractivity contribution in [2.45, 2.75) is 0 Å². The Morgan fingerprint density at radius 1 is 0.400 bits per heavy atom. The predicted molar refractivity (Wildman–Crippen MR) is 162 cm³/mol. The summed E-state index contributed by atoms with van der Waals surface area (Å²) in [7, 11) is 1.64. The van der Waals surface area contributed by atoms with Crippen LogP contribution in [0.15, 0.2) is 24.3 Å². The van der Waals surface area contributed by atoms with Crippen LogP contribution in [-0.2, 0) is 52.1 Å². The molecule has 0 radical (unpaired) electrons. The Bertz CT molecular complexity index is 841. The minimum absolute atomic E-state index is 0.215. The Morgan fingerprint density at radius 3 is 0.911 bits per heavy atom. The van der Waals surface area contributed by atoms with Crippen molar-refractivity contribution in [1.29, 1.82) is 0 Å². The fourth-order valence-corrected chi connectivity index (χ4v) is 3.82. The Morgan fingerprint density at radius 2 is 0.644 bits per heavy atom. The molecule has 0 fully saturated rings. The van der Waals surface area contributed by atoms with Crippen LogP contribution in [0.5, 0.6) is 0 Å². The molecule has 2 amide bonds. The molecule has 0 N–H and O–H groups in total. The van der Waals surface area contributed by atoms with Gasteiger partial charge in [-0.25, -0.2) is 0 Å². The summed E-state index contributed by atoms with van der Waals surface area (Å²) in [6, 6.07) is 6.82. The first-order chi connectivity index (χ1) is 22.3. The van der Waals surface area contributed by atoms with E-state index in [0.717, 1.165) is 0 Å². The average Bonchev–Trinajstić information content (AvgIpc) is 3.30. The van der Waals surface area contributed by atoms with Crippen molar-refractivity contribution < 1.29 is 61.7 Å². The molecule has 0 unspecified atom stereocenters. The Balaban J connectivity index is 1.19. The number of rotatable bonds is 33. The fourth-order valence-electron chi connectivity index (χ4n) is 3.82.